The third kappa shape index (κ3) is 27.5. The lowest BCUT2D eigenvalue weighted by Gasteiger charge is -2.42. The van der Waals surface area contributed by atoms with Crippen molar-refractivity contribution in [3.63, 3.8) is 0 Å². The summed E-state index contributed by atoms with van der Waals surface area (Å²) >= 11 is 1.27. The predicted molar refractivity (Wildman–Crippen MR) is 433 cm³/mol. The van der Waals surface area contributed by atoms with Crippen molar-refractivity contribution in [3.8, 4) is 11.8 Å². The number of nitrogens with zero attached hydrogens (tertiary/aromatic N) is 4. The Morgan fingerprint density at radius 2 is 1.43 bits per heavy atom. The van der Waals surface area contributed by atoms with Crippen LogP contribution in [-0.2, 0) is 92.3 Å². The molecule has 1 saturated carbocycles. The number of ether oxygens (including phenoxy) is 9. The number of thioether (sulfide) groups is 1. The van der Waals surface area contributed by atoms with Crippen molar-refractivity contribution in [2.45, 2.75) is 218 Å². The highest BCUT2D eigenvalue weighted by Crippen LogP contribution is 2.39. The molecule has 1 unspecified atom stereocenters. The van der Waals surface area contributed by atoms with Gasteiger partial charge in [-0.05, 0) is 131 Å². The Bertz CT molecular complexity index is 3830. The maximum Gasteiger partial charge on any atom is 0.329 e. The largest absolute Gasteiger partial charge is 0.460 e. The lowest BCUT2D eigenvalue weighted by molar-refractivity contribution is -0.265. The van der Waals surface area contributed by atoms with Crippen LogP contribution in [0.15, 0.2) is 101 Å². The third-order valence-electron chi connectivity index (χ3n) is 22.6. The first-order valence-electron chi connectivity index (χ1n) is 40.8. The van der Waals surface area contributed by atoms with Gasteiger partial charge >= 0.3 is 5.97 Å². The zero-order valence-corrected chi connectivity index (χ0v) is 69.5. The molecule has 6 amide bonds. The molecule has 16 atom stereocenters. The molecule has 8 rings (SSSR count). The van der Waals surface area contributed by atoms with Gasteiger partial charge in [-0.15, -0.1) is 11.8 Å². The smallest absolute Gasteiger partial charge is 0.329 e. The van der Waals surface area contributed by atoms with Gasteiger partial charge in [-0.3, -0.25) is 43.3 Å². The van der Waals surface area contributed by atoms with E-state index in [1.54, 1.807) is 52.9 Å². The van der Waals surface area contributed by atoms with Gasteiger partial charge in [0.1, 0.15) is 24.4 Å². The number of methoxy groups -OCH3 is 3. The fourth-order valence-corrected chi connectivity index (χ4v) is 16.7. The van der Waals surface area contributed by atoms with Crippen LogP contribution in [0, 0.1) is 47.3 Å². The SMILES string of the molecule is CO[C@H]1C[C@@H]2CC[C@@H](C)[C@@](O)(O2)C(=O)C(=O)N2CCCC[C@H]2C(=O)O[C@H]([C@H](C)C[C@@H]2CC[C@@H](O)[C@H](OC)C2)C/C(=N/NC(=O)CCN2C(=O)CC(SCCOCCOCCOCCOCCNC(=O)CCC(=O)N3Cc4ccccc4C#Cc4ccccc43)C2=O)[C@H](C)/C=C(\C)[C@@H](O)[C@@H](OC)C(=O)[C@H](C)C[C@H](C)/C=C/C=C/C=C/1C. The van der Waals surface area contributed by atoms with Gasteiger partial charge in [-0.25, -0.2) is 10.2 Å². The lowest BCUT2D eigenvalue weighted by Crippen LogP contribution is -2.61. The van der Waals surface area contributed by atoms with Crippen molar-refractivity contribution in [1.29, 1.82) is 0 Å². The Balaban J connectivity index is 0.839. The van der Waals surface area contributed by atoms with E-state index in [1.807, 2.05) is 99.7 Å². The van der Waals surface area contributed by atoms with Gasteiger partial charge < -0.3 is 73.1 Å². The molecule has 5 heterocycles. The Morgan fingerprint density at radius 3 is 2.16 bits per heavy atom. The van der Waals surface area contributed by atoms with Gasteiger partial charge in [0.15, 0.2) is 5.78 Å². The summed E-state index contributed by atoms with van der Waals surface area (Å²) in [5.74, 6) is -3.65. The Labute approximate surface area is 681 Å². The maximum absolute atomic E-state index is 15.1. The van der Waals surface area contributed by atoms with E-state index in [4.69, 9.17) is 42.6 Å². The first kappa shape index (κ1) is 92.9. The van der Waals surface area contributed by atoms with Crippen LogP contribution in [0.3, 0.4) is 0 Å². The van der Waals surface area contributed by atoms with E-state index in [9.17, 15) is 53.7 Å². The van der Waals surface area contributed by atoms with Crippen LogP contribution >= 0.6 is 11.8 Å². The Morgan fingerprint density at radius 1 is 0.739 bits per heavy atom. The summed E-state index contributed by atoms with van der Waals surface area (Å²) in [6.45, 7) is 15.4. The van der Waals surface area contributed by atoms with Crippen molar-refractivity contribution >= 4 is 76.1 Å². The van der Waals surface area contributed by atoms with Gasteiger partial charge in [0.25, 0.3) is 11.7 Å². The number of Topliss-reactive ketones (excluding diaryl/α,β-unsaturated/α-hetero) is 2. The number of rotatable bonds is 29. The average Bonchev–Trinajstić information content (AvgIpc) is 0.929. The van der Waals surface area contributed by atoms with Crippen LogP contribution in [-0.4, -0.2) is 243 Å². The highest BCUT2D eigenvalue weighted by Gasteiger charge is 2.53. The quantitative estimate of drug-likeness (QED) is 0.00973. The normalized spacial score (nSPS) is 29.9. The minimum atomic E-state index is -2.52. The molecule has 1 aliphatic carbocycles. The third-order valence-corrected chi connectivity index (χ3v) is 23.7. The second-order valence-corrected chi connectivity index (χ2v) is 32.5. The molecule has 6 aliphatic rings. The summed E-state index contributed by atoms with van der Waals surface area (Å²) in [7, 11) is 4.46. The zero-order chi connectivity index (χ0) is 83.1. The molecular formula is C87H122N6O21S. The van der Waals surface area contributed by atoms with E-state index in [2.05, 4.69) is 27.7 Å². The maximum atomic E-state index is 15.1. The van der Waals surface area contributed by atoms with Crippen molar-refractivity contribution < 1.29 is 101 Å². The number of amides is 6. The summed E-state index contributed by atoms with van der Waals surface area (Å²) < 4.78 is 52.8. The zero-order valence-electron chi connectivity index (χ0n) is 68.6. The van der Waals surface area contributed by atoms with E-state index in [1.165, 1.54) is 23.8 Å². The molecule has 2 aromatic rings. The summed E-state index contributed by atoms with van der Waals surface area (Å²) in [6.07, 6.45) is 9.47. The van der Waals surface area contributed by atoms with E-state index in [0.717, 1.165) is 27.2 Å². The number of hydrogen-bond acceptors (Lipinski definition) is 23. The summed E-state index contributed by atoms with van der Waals surface area (Å²) in [4.78, 5) is 130. The number of likely N-dealkylation sites (tertiary alicyclic amines) is 1. The number of hydrogen-bond donors (Lipinski definition) is 5. The summed E-state index contributed by atoms with van der Waals surface area (Å²) in [5, 5.41) is 41.9. The van der Waals surface area contributed by atoms with Crippen LogP contribution in [0.5, 0.6) is 0 Å². The number of benzene rings is 2. The molecule has 632 valence electrons. The monoisotopic (exact) mass is 1620 g/mol. The Hall–Kier alpha value is -7.63. The number of ketones is 2. The van der Waals surface area contributed by atoms with Gasteiger partial charge in [0.2, 0.25) is 35.3 Å². The molecule has 5 N–H and O–H groups in total. The molecular weight excluding hydrogens is 1500 g/mol. The summed E-state index contributed by atoms with van der Waals surface area (Å²) in [6, 6.07) is 14.0. The first-order valence-corrected chi connectivity index (χ1v) is 41.8. The first-order chi connectivity index (χ1) is 55.2. The number of hydrazone groups is 1. The van der Waals surface area contributed by atoms with E-state index in [-0.39, 0.29) is 120 Å². The van der Waals surface area contributed by atoms with Crippen molar-refractivity contribution in [2.24, 2.45) is 40.6 Å². The number of aliphatic hydroxyl groups is 3. The van der Waals surface area contributed by atoms with Crippen LogP contribution in [0.2, 0.25) is 0 Å². The predicted octanol–water partition coefficient (Wildman–Crippen LogP) is 8.24. The number of anilines is 1. The van der Waals surface area contributed by atoms with Gasteiger partial charge in [-0.1, -0.05) is 113 Å². The van der Waals surface area contributed by atoms with Crippen molar-refractivity contribution in [1.82, 2.24) is 20.5 Å². The van der Waals surface area contributed by atoms with Crippen LogP contribution in [0.4, 0.5) is 5.69 Å². The number of nitrogens with one attached hydrogen (secondary N) is 2. The number of allylic oxidation sites excluding steroid dienone is 6. The molecule has 5 aliphatic heterocycles. The average molecular weight is 1620 g/mol. The molecule has 0 aromatic heterocycles. The summed E-state index contributed by atoms with van der Waals surface area (Å²) in [5.41, 5.74) is 7.34. The standard InChI is InChI=1S/C87H122N6O21S/c1-56-20-12-11-13-21-57(2)72(106-8)52-67-31-27-62(7)87(105,114-67)83(101)85(103)91-37-19-18-26-70(91)86(104)113-73(59(4)50-63-28-32-71(94)74(51-63)107-9)53-68(58(3)49-61(6)81(100)82(108-10)80(99)60(5)48-56)89-90-77(96)35-38-92-79(98)54-75(84(92)102)115-47-46-112-45-44-111-43-42-110-41-40-109-39-36-88-76(95)33-34-78(97)93-55-66-24-15-14-22-64(66)29-30-65-23-16-17-25-69(65)93/h11-17,20-25,49,56,58-60,62-63,67,70-75,81-82,94,100,105H,18-19,26-28,31-48,50-55H2,1-10H3,(H,88,95)(H,90,96)/b13-11+,20-12+,57-21+,61-49+,89-68-/t56-,58-,59-,60-,62-,63+,67+,70+,71-,72+,73+,74-,75?,81-,82+,87-/m1/s1. The highest BCUT2D eigenvalue weighted by molar-refractivity contribution is 8.00. The minimum absolute atomic E-state index is 0.00437. The fraction of sp³-hybridized carbons (Fsp3) is 0.632. The highest BCUT2D eigenvalue weighted by atomic mass is 32.2. The molecule has 27 nitrogen and oxygen atoms in total. The van der Waals surface area contributed by atoms with E-state index >= 15 is 4.79 Å². The molecule has 2 aromatic carbocycles. The van der Waals surface area contributed by atoms with Crippen LogP contribution in [0.25, 0.3) is 0 Å². The van der Waals surface area contributed by atoms with Crippen molar-refractivity contribution in [3.05, 3.63) is 113 Å². The minimum Gasteiger partial charge on any atom is -0.460 e. The number of carbonyl (C=O) groups excluding carboxylic acids is 9. The number of aliphatic hydroxyl groups excluding tert-OH is 2. The van der Waals surface area contributed by atoms with Crippen LogP contribution in [0.1, 0.15) is 168 Å². The van der Waals surface area contributed by atoms with Gasteiger partial charge in [-0.2, -0.15) is 5.10 Å². The second-order valence-electron chi connectivity index (χ2n) is 31.2. The number of para-hydroxylation sites is 1. The van der Waals surface area contributed by atoms with Crippen LogP contribution < -0.4 is 15.6 Å². The molecule has 2 bridgehead atoms. The molecule has 0 spiro atoms. The lowest BCUT2D eigenvalue weighted by atomic mass is 9.78. The molecule has 4 fully saturated rings. The fourth-order valence-electron chi connectivity index (χ4n) is 15.6. The van der Waals surface area contributed by atoms with Gasteiger partial charge in [0, 0.05) is 120 Å². The van der Waals surface area contributed by atoms with Crippen molar-refractivity contribution in [2.75, 3.05) is 104 Å². The molecule has 28 heteroatoms. The number of cyclic esters (lactones) is 1. The number of carbonyl (C=O) groups is 9. The van der Waals surface area contributed by atoms with E-state index in [0.29, 0.717) is 114 Å². The Kier molecular flexibility index (Phi) is 38.0. The number of fused-ring (bicyclic) bond motifs is 5. The number of imide groups is 1. The van der Waals surface area contributed by atoms with Gasteiger partial charge in [0.05, 0.1) is 94.8 Å². The molecule has 3 saturated heterocycles. The second kappa shape index (κ2) is 47.1. The van der Waals surface area contributed by atoms with E-state index < -0.39 is 119 Å². The number of esters is 1. The molecule has 115 heavy (non-hydrogen) atoms. The molecule has 0 radical (unpaired) electrons. The number of piperidine rings is 1. The topological polar surface area (TPSA) is 344 Å².